The van der Waals surface area contributed by atoms with Crippen LogP contribution in [0.15, 0.2) is 17.5 Å². The molecule has 0 aromatic carbocycles. The van der Waals surface area contributed by atoms with E-state index in [1.165, 1.54) is 16.1 Å². The number of methoxy groups -OCH3 is 1. The van der Waals surface area contributed by atoms with Gasteiger partial charge >= 0.3 is 0 Å². The Balaban J connectivity index is 1.87. The minimum absolute atomic E-state index is 0.762. The van der Waals surface area contributed by atoms with E-state index in [0.717, 1.165) is 44.8 Å². The Labute approximate surface area is 131 Å². The lowest BCUT2D eigenvalue weighted by atomic mass is 10.1. The maximum absolute atomic E-state index is 5.04. The zero-order chi connectivity index (χ0) is 15.1. The lowest BCUT2D eigenvalue weighted by molar-refractivity contribution is 0.199. The third-order valence-corrected chi connectivity index (χ3v) is 4.65. The highest BCUT2D eigenvalue weighted by molar-refractivity contribution is 7.09. The third kappa shape index (κ3) is 4.66. The van der Waals surface area contributed by atoms with Crippen molar-refractivity contribution in [2.75, 3.05) is 26.8 Å². The first-order valence-electron chi connectivity index (χ1n) is 7.47. The molecule has 0 saturated carbocycles. The molecule has 2 aromatic heterocycles. The van der Waals surface area contributed by atoms with Gasteiger partial charge in [0.2, 0.25) is 0 Å². The first-order valence-corrected chi connectivity index (χ1v) is 8.35. The van der Waals surface area contributed by atoms with E-state index >= 15 is 0 Å². The molecule has 21 heavy (non-hydrogen) atoms. The smallest absolute Gasteiger partial charge is 0.0628 e. The maximum Gasteiger partial charge on any atom is 0.0628 e. The van der Waals surface area contributed by atoms with Crippen molar-refractivity contribution < 1.29 is 4.74 Å². The van der Waals surface area contributed by atoms with Crippen molar-refractivity contribution in [1.29, 1.82) is 0 Å². The molecule has 4 nitrogen and oxygen atoms in total. The molecule has 116 valence electrons. The number of nitrogens with zero attached hydrogens (tertiary/aromatic N) is 2. The zero-order valence-corrected chi connectivity index (χ0v) is 14.0. The van der Waals surface area contributed by atoms with Crippen molar-refractivity contribution in [3.05, 3.63) is 39.3 Å². The standard InChI is InChI=1S/C16H25N3OS/c1-13-16(6-8-17-9-11-20-3)14(2)19(18-13)10-7-15-5-4-12-21-15/h4-5,12,17H,6-11H2,1-3H3. The van der Waals surface area contributed by atoms with Crippen LogP contribution in [0, 0.1) is 13.8 Å². The summed E-state index contributed by atoms with van der Waals surface area (Å²) >= 11 is 1.82. The number of aromatic nitrogens is 2. The average Bonchev–Trinajstić information content (AvgIpc) is 3.07. The average molecular weight is 307 g/mol. The van der Waals surface area contributed by atoms with E-state index in [9.17, 15) is 0 Å². The normalized spacial score (nSPS) is 11.2. The summed E-state index contributed by atoms with van der Waals surface area (Å²) in [5.41, 5.74) is 3.84. The predicted molar refractivity (Wildman–Crippen MR) is 88.2 cm³/mol. The molecule has 1 N–H and O–H groups in total. The molecule has 0 bridgehead atoms. The van der Waals surface area contributed by atoms with Gasteiger partial charge < -0.3 is 10.1 Å². The van der Waals surface area contributed by atoms with Gasteiger partial charge in [0, 0.05) is 37.2 Å². The van der Waals surface area contributed by atoms with Crippen molar-refractivity contribution in [3.8, 4) is 0 Å². The number of aryl methyl sites for hydroxylation is 3. The highest BCUT2D eigenvalue weighted by Gasteiger charge is 2.11. The summed E-state index contributed by atoms with van der Waals surface area (Å²) in [6, 6.07) is 4.30. The summed E-state index contributed by atoms with van der Waals surface area (Å²) in [6.07, 6.45) is 2.09. The van der Waals surface area contributed by atoms with E-state index in [1.807, 2.05) is 11.3 Å². The van der Waals surface area contributed by atoms with E-state index in [0.29, 0.717) is 0 Å². The molecule has 0 saturated heterocycles. The fourth-order valence-corrected chi connectivity index (χ4v) is 3.20. The van der Waals surface area contributed by atoms with Crippen molar-refractivity contribution in [2.45, 2.75) is 33.2 Å². The van der Waals surface area contributed by atoms with Crippen LogP contribution in [0.3, 0.4) is 0 Å². The molecule has 2 aromatic rings. The second kappa shape index (κ2) is 8.32. The van der Waals surface area contributed by atoms with Gasteiger partial charge in [-0.05, 0) is 43.8 Å². The van der Waals surface area contributed by atoms with Crippen LogP contribution in [-0.4, -0.2) is 36.6 Å². The van der Waals surface area contributed by atoms with E-state index in [1.54, 1.807) is 7.11 Å². The second-order valence-corrected chi connectivity index (χ2v) is 6.23. The summed E-state index contributed by atoms with van der Waals surface area (Å²) in [7, 11) is 1.73. The molecular formula is C16H25N3OS. The molecular weight excluding hydrogens is 282 g/mol. The molecule has 5 heteroatoms. The van der Waals surface area contributed by atoms with E-state index in [2.05, 4.69) is 41.4 Å². The first kappa shape index (κ1) is 16.2. The molecule has 0 spiro atoms. The van der Waals surface area contributed by atoms with Crippen LogP contribution in [0.25, 0.3) is 0 Å². The number of hydrogen-bond donors (Lipinski definition) is 1. The quantitative estimate of drug-likeness (QED) is 0.724. The van der Waals surface area contributed by atoms with Crippen LogP contribution >= 0.6 is 11.3 Å². The van der Waals surface area contributed by atoms with Gasteiger partial charge in [0.05, 0.1) is 12.3 Å². The van der Waals surface area contributed by atoms with Crippen molar-refractivity contribution >= 4 is 11.3 Å². The van der Waals surface area contributed by atoms with Crippen LogP contribution in [-0.2, 0) is 24.1 Å². The zero-order valence-electron chi connectivity index (χ0n) is 13.2. The van der Waals surface area contributed by atoms with Crippen LogP contribution in [0.1, 0.15) is 21.8 Å². The van der Waals surface area contributed by atoms with E-state index in [-0.39, 0.29) is 0 Å². The first-order chi connectivity index (χ1) is 10.2. The highest BCUT2D eigenvalue weighted by atomic mass is 32.1. The monoisotopic (exact) mass is 307 g/mol. The molecule has 2 rings (SSSR count). The number of hydrogen-bond acceptors (Lipinski definition) is 4. The van der Waals surface area contributed by atoms with Crippen molar-refractivity contribution in [1.82, 2.24) is 15.1 Å². The molecule has 0 radical (unpaired) electrons. The van der Waals surface area contributed by atoms with Crippen molar-refractivity contribution in [2.24, 2.45) is 0 Å². The van der Waals surface area contributed by atoms with Gasteiger partial charge in [0.1, 0.15) is 0 Å². The molecule has 0 amide bonds. The van der Waals surface area contributed by atoms with Gasteiger partial charge in [0.25, 0.3) is 0 Å². The number of thiophene rings is 1. The van der Waals surface area contributed by atoms with Gasteiger partial charge in [0.15, 0.2) is 0 Å². The van der Waals surface area contributed by atoms with Crippen LogP contribution in [0.2, 0.25) is 0 Å². The van der Waals surface area contributed by atoms with Gasteiger partial charge in [-0.3, -0.25) is 4.68 Å². The topological polar surface area (TPSA) is 39.1 Å². The maximum atomic E-state index is 5.04. The Bertz CT molecular complexity index is 534. The highest BCUT2D eigenvalue weighted by Crippen LogP contribution is 2.15. The van der Waals surface area contributed by atoms with Gasteiger partial charge in [-0.25, -0.2) is 0 Å². The summed E-state index contributed by atoms with van der Waals surface area (Å²) in [4.78, 5) is 1.42. The molecule has 0 aliphatic carbocycles. The van der Waals surface area contributed by atoms with E-state index in [4.69, 9.17) is 9.84 Å². The fraction of sp³-hybridized carbons (Fsp3) is 0.562. The summed E-state index contributed by atoms with van der Waals surface area (Å²) in [5.74, 6) is 0. The lowest BCUT2D eigenvalue weighted by Gasteiger charge is -2.06. The number of rotatable bonds is 9. The summed E-state index contributed by atoms with van der Waals surface area (Å²) in [6.45, 7) is 7.89. The molecule has 0 unspecified atom stereocenters. The molecule has 0 atom stereocenters. The minimum Gasteiger partial charge on any atom is -0.383 e. The van der Waals surface area contributed by atoms with E-state index < -0.39 is 0 Å². The molecule has 0 aliphatic heterocycles. The van der Waals surface area contributed by atoms with Gasteiger partial charge in [-0.2, -0.15) is 5.10 Å². The van der Waals surface area contributed by atoms with Crippen LogP contribution < -0.4 is 5.32 Å². The minimum atomic E-state index is 0.762. The largest absolute Gasteiger partial charge is 0.383 e. The molecule has 2 heterocycles. The molecule has 0 aliphatic rings. The Kier molecular flexibility index (Phi) is 6.42. The number of nitrogens with one attached hydrogen (secondary N) is 1. The van der Waals surface area contributed by atoms with Gasteiger partial charge in [-0.15, -0.1) is 11.3 Å². The molecule has 0 fully saturated rings. The summed E-state index contributed by atoms with van der Waals surface area (Å²) in [5, 5.41) is 10.2. The fourth-order valence-electron chi connectivity index (χ4n) is 2.50. The summed E-state index contributed by atoms with van der Waals surface area (Å²) < 4.78 is 7.19. The second-order valence-electron chi connectivity index (χ2n) is 5.19. The Hall–Kier alpha value is -1.17. The predicted octanol–water partition coefficient (Wildman–Crippen LogP) is 2.58. The Morgan fingerprint density at radius 1 is 1.29 bits per heavy atom. The van der Waals surface area contributed by atoms with Crippen LogP contribution in [0.4, 0.5) is 0 Å². The Morgan fingerprint density at radius 3 is 2.86 bits per heavy atom. The van der Waals surface area contributed by atoms with Crippen molar-refractivity contribution in [3.63, 3.8) is 0 Å². The SMILES string of the molecule is COCCNCCc1c(C)nn(CCc2cccs2)c1C. The van der Waals surface area contributed by atoms with Crippen LogP contribution in [0.5, 0.6) is 0 Å². The third-order valence-electron chi connectivity index (χ3n) is 3.72. The Morgan fingerprint density at radius 2 is 2.14 bits per heavy atom. The van der Waals surface area contributed by atoms with Gasteiger partial charge in [-0.1, -0.05) is 6.07 Å². The lowest BCUT2D eigenvalue weighted by Crippen LogP contribution is -2.22. The number of ether oxygens (including phenoxy) is 1.